The third-order valence-electron chi connectivity index (χ3n) is 9.59. The molecule has 48 heavy (non-hydrogen) atoms. The topological polar surface area (TPSA) is 38.7 Å². The lowest BCUT2D eigenvalue weighted by Gasteiger charge is -2.13. The fourth-order valence-corrected chi connectivity index (χ4v) is 7.19. The Morgan fingerprint density at radius 2 is 0.875 bits per heavy atom. The zero-order valence-corrected chi connectivity index (χ0v) is 25.9. The molecule has 0 atom stereocenters. The van der Waals surface area contributed by atoms with Crippen LogP contribution in [0.5, 0.6) is 0 Å². The largest absolute Gasteiger partial charge is 0.247 e. The average molecular weight is 610 g/mol. The molecule has 0 aliphatic carbocycles. The summed E-state index contributed by atoms with van der Waals surface area (Å²) in [7, 11) is 0. The first-order valence-corrected chi connectivity index (χ1v) is 16.3. The van der Waals surface area contributed by atoms with Crippen LogP contribution in [0.25, 0.3) is 98.8 Å². The molecule has 0 fully saturated rings. The molecule has 0 aliphatic rings. The molecule has 0 aliphatic heterocycles. The lowest BCUT2D eigenvalue weighted by molar-refractivity contribution is 1.37. The van der Waals surface area contributed by atoms with E-state index in [9.17, 15) is 0 Å². The van der Waals surface area contributed by atoms with E-state index in [4.69, 9.17) is 15.0 Å². The Balaban J connectivity index is 1.09. The van der Waals surface area contributed by atoms with Gasteiger partial charge in [0.2, 0.25) is 0 Å². The number of hydrogen-bond donors (Lipinski definition) is 0. The van der Waals surface area contributed by atoms with Crippen molar-refractivity contribution in [3.05, 3.63) is 164 Å². The molecular formula is C45H27N3. The second kappa shape index (κ2) is 10.5. The van der Waals surface area contributed by atoms with Crippen LogP contribution in [0, 0.1) is 0 Å². The molecule has 3 nitrogen and oxygen atoms in total. The van der Waals surface area contributed by atoms with E-state index in [1.807, 2.05) is 18.2 Å². The zero-order chi connectivity index (χ0) is 31.6. The van der Waals surface area contributed by atoms with Crippen molar-refractivity contribution in [3.8, 4) is 33.8 Å². The third-order valence-corrected chi connectivity index (χ3v) is 9.59. The zero-order valence-electron chi connectivity index (χ0n) is 25.9. The van der Waals surface area contributed by atoms with Gasteiger partial charge in [0.05, 0.1) is 33.6 Å². The number of rotatable bonds is 3. The van der Waals surface area contributed by atoms with E-state index < -0.39 is 0 Å². The van der Waals surface area contributed by atoms with Crippen molar-refractivity contribution in [1.29, 1.82) is 0 Å². The predicted octanol–water partition coefficient (Wildman–Crippen LogP) is 11.8. The van der Waals surface area contributed by atoms with E-state index in [0.29, 0.717) is 0 Å². The first kappa shape index (κ1) is 26.7. The standard InChI is InChI=1S/C45H27N3/c1-2-9-29(10-3-1)39-24-21-30-14-15-31-22-25-40(47-45(31)44(30)46-39)34-18-16-33-27-35(19-17-32(33)26-34)43-38-23-20-28-8-4-5-11-36(28)42(38)37-12-6-7-13-41(37)48-43/h1-27H. The van der Waals surface area contributed by atoms with Gasteiger partial charge < -0.3 is 0 Å². The maximum atomic E-state index is 5.22. The van der Waals surface area contributed by atoms with Gasteiger partial charge >= 0.3 is 0 Å². The van der Waals surface area contributed by atoms with Gasteiger partial charge in [0.15, 0.2) is 0 Å². The summed E-state index contributed by atoms with van der Waals surface area (Å²) in [5.74, 6) is 0. The summed E-state index contributed by atoms with van der Waals surface area (Å²) in [4.78, 5) is 15.5. The highest BCUT2D eigenvalue weighted by Gasteiger charge is 2.14. The van der Waals surface area contributed by atoms with Crippen molar-refractivity contribution in [2.75, 3.05) is 0 Å². The number of benzene rings is 7. The fraction of sp³-hybridized carbons (Fsp3) is 0. The lowest BCUT2D eigenvalue weighted by Crippen LogP contribution is -1.92. The van der Waals surface area contributed by atoms with Crippen LogP contribution in [-0.4, -0.2) is 15.0 Å². The van der Waals surface area contributed by atoms with Gasteiger partial charge in [-0.1, -0.05) is 133 Å². The summed E-state index contributed by atoms with van der Waals surface area (Å²) in [5.41, 5.74) is 9.02. The molecule has 0 N–H and O–H groups in total. The highest BCUT2D eigenvalue weighted by atomic mass is 14.8. The van der Waals surface area contributed by atoms with Gasteiger partial charge in [-0.2, -0.15) is 0 Å². The van der Waals surface area contributed by atoms with Crippen LogP contribution in [0.3, 0.4) is 0 Å². The highest BCUT2D eigenvalue weighted by Crippen LogP contribution is 2.38. The first-order valence-electron chi connectivity index (χ1n) is 16.3. The maximum absolute atomic E-state index is 5.22. The van der Waals surface area contributed by atoms with E-state index in [1.54, 1.807) is 0 Å². The number of fused-ring (bicyclic) bond motifs is 9. The molecule has 0 amide bonds. The number of hydrogen-bond acceptors (Lipinski definition) is 3. The van der Waals surface area contributed by atoms with Gasteiger partial charge in [-0.15, -0.1) is 0 Å². The van der Waals surface area contributed by atoms with Crippen LogP contribution in [-0.2, 0) is 0 Å². The smallest absolute Gasteiger partial charge is 0.0972 e. The van der Waals surface area contributed by atoms with Gasteiger partial charge in [0.1, 0.15) is 0 Å². The van der Waals surface area contributed by atoms with Crippen molar-refractivity contribution in [2.24, 2.45) is 0 Å². The van der Waals surface area contributed by atoms with E-state index in [1.165, 1.54) is 32.3 Å². The van der Waals surface area contributed by atoms with Crippen LogP contribution < -0.4 is 0 Å². The summed E-state index contributed by atoms with van der Waals surface area (Å²) in [6.07, 6.45) is 0. The van der Waals surface area contributed by atoms with Crippen LogP contribution in [0.1, 0.15) is 0 Å². The predicted molar refractivity (Wildman–Crippen MR) is 201 cm³/mol. The molecule has 0 spiro atoms. The van der Waals surface area contributed by atoms with Gasteiger partial charge in [-0.3, -0.25) is 0 Å². The van der Waals surface area contributed by atoms with Crippen molar-refractivity contribution in [2.45, 2.75) is 0 Å². The van der Waals surface area contributed by atoms with E-state index in [2.05, 4.69) is 146 Å². The lowest BCUT2D eigenvalue weighted by atomic mass is 9.94. The first-order chi connectivity index (χ1) is 23.8. The Kier molecular flexibility index (Phi) is 5.87. The molecule has 3 aromatic heterocycles. The normalized spacial score (nSPS) is 11.8. The number of pyridine rings is 3. The number of aromatic nitrogens is 3. The van der Waals surface area contributed by atoms with Crippen molar-refractivity contribution in [1.82, 2.24) is 15.0 Å². The molecular weight excluding hydrogens is 583 g/mol. The average Bonchev–Trinajstić information content (AvgIpc) is 3.16. The van der Waals surface area contributed by atoms with Gasteiger partial charge in [-0.25, -0.2) is 15.0 Å². The Hall–Kier alpha value is -6.45. The van der Waals surface area contributed by atoms with E-state index in [-0.39, 0.29) is 0 Å². The van der Waals surface area contributed by atoms with Crippen molar-refractivity contribution < 1.29 is 0 Å². The number of nitrogens with zero attached hydrogens (tertiary/aromatic N) is 3. The van der Waals surface area contributed by atoms with Crippen molar-refractivity contribution in [3.63, 3.8) is 0 Å². The molecule has 3 heterocycles. The SMILES string of the molecule is c1ccc(-c2ccc3ccc4ccc(-c5ccc6cc(-c7nc8ccccc8c8c7ccc7ccccc78)ccc6c5)nc4c3n2)cc1. The Bertz CT molecular complexity index is 2880. The molecule has 0 radical (unpaired) electrons. The van der Waals surface area contributed by atoms with Crippen LogP contribution in [0.4, 0.5) is 0 Å². The fourth-order valence-electron chi connectivity index (χ4n) is 7.19. The minimum atomic E-state index is 0.917. The van der Waals surface area contributed by atoms with Crippen molar-refractivity contribution >= 4 is 65.0 Å². The molecule has 0 saturated heterocycles. The molecule has 0 unspecified atom stereocenters. The quantitative estimate of drug-likeness (QED) is 0.187. The minimum absolute atomic E-state index is 0.917. The van der Waals surface area contributed by atoms with Crippen LogP contribution >= 0.6 is 0 Å². The van der Waals surface area contributed by atoms with Gasteiger partial charge in [0.25, 0.3) is 0 Å². The summed E-state index contributed by atoms with van der Waals surface area (Å²) in [6.45, 7) is 0. The molecule has 0 bridgehead atoms. The molecule has 3 heteroatoms. The molecule has 7 aromatic carbocycles. The maximum Gasteiger partial charge on any atom is 0.0972 e. The summed E-state index contributed by atoms with van der Waals surface area (Å²) < 4.78 is 0. The summed E-state index contributed by atoms with van der Waals surface area (Å²) in [5, 5.41) is 10.6. The van der Waals surface area contributed by atoms with Crippen LogP contribution in [0.2, 0.25) is 0 Å². The Morgan fingerprint density at radius 3 is 1.65 bits per heavy atom. The Labute approximate surface area is 276 Å². The highest BCUT2D eigenvalue weighted by molar-refractivity contribution is 6.22. The van der Waals surface area contributed by atoms with Gasteiger partial charge in [0, 0.05) is 43.6 Å². The van der Waals surface area contributed by atoms with E-state index >= 15 is 0 Å². The molecule has 222 valence electrons. The summed E-state index contributed by atoms with van der Waals surface area (Å²) >= 11 is 0. The summed E-state index contributed by atoms with van der Waals surface area (Å²) in [6, 6.07) is 57.9. The third kappa shape index (κ3) is 4.25. The Morgan fingerprint density at radius 1 is 0.312 bits per heavy atom. The van der Waals surface area contributed by atoms with Crippen LogP contribution in [0.15, 0.2) is 164 Å². The van der Waals surface area contributed by atoms with Gasteiger partial charge in [-0.05, 0) is 51.9 Å². The molecule has 10 aromatic rings. The minimum Gasteiger partial charge on any atom is -0.247 e. The second-order valence-corrected chi connectivity index (χ2v) is 12.4. The van der Waals surface area contributed by atoms with E-state index in [0.717, 1.165) is 66.5 Å². The number of para-hydroxylation sites is 1. The molecule has 10 rings (SSSR count). The second-order valence-electron chi connectivity index (χ2n) is 12.4. The monoisotopic (exact) mass is 609 g/mol. The molecule has 0 saturated carbocycles.